The number of hydrogen-bond donors (Lipinski definition) is 2. The number of carboxylic acids is 1. The summed E-state index contributed by atoms with van der Waals surface area (Å²) in [4.78, 5) is 34.4. The van der Waals surface area contributed by atoms with E-state index in [-0.39, 0.29) is 12.8 Å². The van der Waals surface area contributed by atoms with E-state index < -0.39 is 23.9 Å². The van der Waals surface area contributed by atoms with Gasteiger partial charge in [-0.25, -0.2) is 4.79 Å². The maximum atomic E-state index is 11.6. The van der Waals surface area contributed by atoms with Gasteiger partial charge in [-0.15, -0.1) is 11.3 Å². The van der Waals surface area contributed by atoms with Gasteiger partial charge in [0.05, 0.1) is 7.11 Å². The molecular formula is C13H15NO5S. The first-order valence-electron chi connectivity index (χ1n) is 5.84. The molecule has 0 saturated heterocycles. The number of methoxy groups -OCH3 is 1. The van der Waals surface area contributed by atoms with Gasteiger partial charge in [-0.3, -0.25) is 9.59 Å². The zero-order chi connectivity index (χ0) is 15.0. The van der Waals surface area contributed by atoms with E-state index in [1.54, 1.807) is 6.08 Å². The minimum absolute atomic E-state index is 0.0133. The van der Waals surface area contributed by atoms with Gasteiger partial charge in [-0.05, 0) is 23.9 Å². The molecule has 1 amide bonds. The number of aliphatic carboxylic acids is 1. The Morgan fingerprint density at radius 2 is 2.25 bits per heavy atom. The van der Waals surface area contributed by atoms with Crippen LogP contribution in [0.15, 0.2) is 23.6 Å². The van der Waals surface area contributed by atoms with Crippen LogP contribution in [0, 0.1) is 0 Å². The van der Waals surface area contributed by atoms with E-state index in [1.807, 2.05) is 17.5 Å². The predicted molar refractivity (Wildman–Crippen MR) is 74.2 cm³/mol. The number of ether oxygens (including phenoxy) is 1. The van der Waals surface area contributed by atoms with Crippen LogP contribution in [0.3, 0.4) is 0 Å². The average Bonchev–Trinajstić information content (AvgIpc) is 2.93. The molecule has 0 bridgehead atoms. The molecule has 0 fully saturated rings. The Labute approximate surface area is 120 Å². The molecule has 0 radical (unpaired) electrons. The van der Waals surface area contributed by atoms with Gasteiger partial charge in [0.2, 0.25) is 5.91 Å². The molecule has 1 atom stereocenters. The smallest absolute Gasteiger partial charge is 0.326 e. The monoisotopic (exact) mass is 297 g/mol. The second-order valence-electron chi connectivity index (χ2n) is 3.86. The Morgan fingerprint density at radius 3 is 2.80 bits per heavy atom. The Balaban J connectivity index is 2.50. The molecule has 2 N–H and O–H groups in total. The van der Waals surface area contributed by atoms with Crippen molar-refractivity contribution < 1.29 is 24.2 Å². The fraction of sp³-hybridized carbons (Fsp3) is 0.308. The Morgan fingerprint density at radius 1 is 1.50 bits per heavy atom. The highest BCUT2D eigenvalue weighted by Crippen LogP contribution is 2.10. The lowest BCUT2D eigenvalue weighted by atomic mass is 10.1. The summed E-state index contributed by atoms with van der Waals surface area (Å²) < 4.78 is 4.42. The third kappa shape index (κ3) is 5.66. The second-order valence-corrected chi connectivity index (χ2v) is 4.84. The standard InChI is InChI=1S/C13H15NO5S/c1-19-12(16)7-5-10(13(17)18)14-11(15)6-4-9-3-2-8-20-9/h2-4,6,8,10H,5,7H2,1H3,(H,14,15)(H,17,18)/b6-4+/t10-/m1/s1. The van der Waals surface area contributed by atoms with Crippen LogP contribution in [0.2, 0.25) is 0 Å². The van der Waals surface area contributed by atoms with Crippen LogP contribution < -0.4 is 5.32 Å². The first-order chi connectivity index (χ1) is 9.52. The molecule has 6 nitrogen and oxygen atoms in total. The van der Waals surface area contributed by atoms with Crippen molar-refractivity contribution >= 4 is 35.3 Å². The van der Waals surface area contributed by atoms with Crippen molar-refractivity contribution in [2.45, 2.75) is 18.9 Å². The third-order valence-corrected chi connectivity index (χ3v) is 3.26. The SMILES string of the molecule is COC(=O)CC[C@@H](NC(=O)/C=C/c1cccs1)C(=O)O. The van der Waals surface area contributed by atoms with Crippen LogP contribution in [0.1, 0.15) is 17.7 Å². The van der Waals surface area contributed by atoms with E-state index in [4.69, 9.17) is 5.11 Å². The van der Waals surface area contributed by atoms with Crippen molar-refractivity contribution in [2.75, 3.05) is 7.11 Å². The van der Waals surface area contributed by atoms with Crippen LogP contribution in [0.4, 0.5) is 0 Å². The molecule has 0 aliphatic heterocycles. The lowest BCUT2D eigenvalue weighted by Gasteiger charge is -2.12. The van der Waals surface area contributed by atoms with Gasteiger partial charge in [-0.1, -0.05) is 6.07 Å². The van der Waals surface area contributed by atoms with Crippen molar-refractivity contribution in [2.24, 2.45) is 0 Å². The lowest BCUT2D eigenvalue weighted by molar-refractivity contribution is -0.143. The quantitative estimate of drug-likeness (QED) is 0.584. The van der Waals surface area contributed by atoms with Crippen LogP contribution in [-0.4, -0.2) is 36.1 Å². The molecule has 1 heterocycles. The Bertz CT molecular complexity index is 495. The predicted octanol–water partition coefficient (Wildman–Crippen LogP) is 1.28. The highest BCUT2D eigenvalue weighted by Gasteiger charge is 2.20. The first-order valence-corrected chi connectivity index (χ1v) is 6.72. The van der Waals surface area contributed by atoms with Crippen molar-refractivity contribution in [1.82, 2.24) is 5.32 Å². The fourth-order valence-electron chi connectivity index (χ4n) is 1.39. The molecule has 0 spiro atoms. The summed E-state index contributed by atoms with van der Waals surface area (Å²) in [6.45, 7) is 0. The highest BCUT2D eigenvalue weighted by atomic mass is 32.1. The number of amides is 1. The maximum Gasteiger partial charge on any atom is 0.326 e. The first kappa shape index (κ1) is 15.9. The summed E-state index contributed by atoms with van der Waals surface area (Å²) in [7, 11) is 1.22. The van der Waals surface area contributed by atoms with Crippen molar-refractivity contribution in [3.05, 3.63) is 28.5 Å². The number of carbonyl (C=O) groups excluding carboxylic acids is 2. The summed E-state index contributed by atoms with van der Waals surface area (Å²) in [5.74, 6) is -2.22. The molecule has 108 valence electrons. The largest absolute Gasteiger partial charge is 0.480 e. The zero-order valence-electron chi connectivity index (χ0n) is 10.9. The van der Waals surface area contributed by atoms with Crippen molar-refractivity contribution in [1.29, 1.82) is 0 Å². The molecule has 0 aromatic carbocycles. The van der Waals surface area contributed by atoms with Crippen LogP contribution >= 0.6 is 11.3 Å². The van der Waals surface area contributed by atoms with E-state index in [9.17, 15) is 14.4 Å². The summed E-state index contributed by atoms with van der Waals surface area (Å²) >= 11 is 1.46. The number of carboxylic acid groups (broad SMARTS) is 1. The summed E-state index contributed by atoms with van der Waals surface area (Å²) in [6, 6.07) is 2.56. The average molecular weight is 297 g/mol. The second kappa shape index (κ2) is 8.11. The Kier molecular flexibility index (Phi) is 6.45. The van der Waals surface area contributed by atoms with E-state index >= 15 is 0 Å². The molecule has 0 unspecified atom stereocenters. The number of rotatable bonds is 7. The number of thiophene rings is 1. The normalized spacial score (nSPS) is 12.1. The minimum atomic E-state index is -1.19. The maximum absolute atomic E-state index is 11.6. The molecular weight excluding hydrogens is 282 g/mol. The van der Waals surface area contributed by atoms with Gasteiger partial charge in [0.15, 0.2) is 0 Å². The van der Waals surface area contributed by atoms with Gasteiger partial charge < -0.3 is 15.2 Å². The summed E-state index contributed by atoms with van der Waals surface area (Å²) in [6.07, 6.45) is 2.78. The number of hydrogen-bond acceptors (Lipinski definition) is 5. The molecule has 20 heavy (non-hydrogen) atoms. The number of carbonyl (C=O) groups is 3. The molecule has 0 saturated carbocycles. The third-order valence-electron chi connectivity index (χ3n) is 2.42. The van der Waals surface area contributed by atoms with E-state index in [0.717, 1.165) is 4.88 Å². The van der Waals surface area contributed by atoms with Crippen LogP contribution in [-0.2, 0) is 19.1 Å². The molecule has 0 aliphatic carbocycles. The van der Waals surface area contributed by atoms with Gasteiger partial charge in [0, 0.05) is 17.4 Å². The highest BCUT2D eigenvalue weighted by molar-refractivity contribution is 7.10. The lowest BCUT2D eigenvalue weighted by Crippen LogP contribution is -2.40. The minimum Gasteiger partial charge on any atom is -0.480 e. The topological polar surface area (TPSA) is 92.7 Å². The number of esters is 1. The van der Waals surface area contributed by atoms with Crippen molar-refractivity contribution in [3.63, 3.8) is 0 Å². The van der Waals surface area contributed by atoms with Gasteiger partial charge >= 0.3 is 11.9 Å². The van der Waals surface area contributed by atoms with E-state index in [0.29, 0.717) is 0 Å². The van der Waals surface area contributed by atoms with Gasteiger partial charge in [0.25, 0.3) is 0 Å². The van der Waals surface area contributed by atoms with E-state index in [2.05, 4.69) is 10.1 Å². The van der Waals surface area contributed by atoms with E-state index in [1.165, 1.54) is 24.5 Å². The fourth-order valence-corrected chi connectivity index (χ4v) is 2.00. The summed E-state index contributed by atoms with van der Waals surface area (Å²) in [5, 5.41) is 13.2. The summed E-state index contributed by atoms with van der Waals surface area (Å²) in [5.41, 5.74) is 0. The molecule has 1 aromatic rings. The molecule has 7 heteroatoms. The number of nitrogens with one attached hydrogen (secondary N) is 1. The molecule has 1 rings (SSSR count). The molecule has 1 aromatic heterocycles. The zero-order valence-corrected chi connectivity index (χ0v) is 11.7. The van der Waals surface area contributed by atoms with Gasteiger partial charge in [0.1, 0.15) is 6.04 Å². The van der Waals surface area contributed by atoms with Crippen LogP contribution in [0.25, 0.3) is 6.08 Å². The van der Waals surface area contributed by atoms with Crippen LogP contribution in [0.5, 0.6) is 0 Å². The Hall–Kier alpha value is -2.15. The molecule has 0 aliphatic rings. The van der Waals surface area contributed by atoms with Crippen molar-refractivity contribution in [3.8, 4) is 0 Å². The van der Waals surface area contributed by atoms with Gasteiger partial charge in [-0.2, -0.15) is 0 Å².